The lowest BCUT2D eigenvalue weighted by Crippen LogP contribution is -2.58. The predicted molar refractivity (Wildman–Crippen MR) is 121 cm³/mol. The Morgan fingerprint density at radius 1 is 1.15 bits per heavy atom. The van der Waals surface area contributed by atoms with Crippen LogP contribution in [0.25, 0.3) is 11.3 Å². The molecule has 0 spiro atoms. The zero-order chi connectivity index (χ0) is 24.0. The van der Waals surface area contributed by atoms with Gasteiger partial charge in [-0.1, -0.05) is 11.6 Å². The van der Waals surface area contributed by atoms with E-state index in [9.17, 15) is 18.4 Å². The zero-order valence-electron chi connectivity index (χ0n) is 19.5. The van der Waals surface area contributed by atoms with E-state index in [0.29, 0.717) is 19.0 Å². The molecule has 3 unspecified atom stereocenters. The Bertz CT molecular complexity index is 1090. The van der Waals surface area contributed by atoms with Gasteiger partial charge in [0.1, 0.15) is 11.6 Å². The third kappa shape index (κ3) is 4.33. The number of fused-ring (bicyclic) bond motifs is 2. The van der Waals surface area contributed by atoms with Gasteiger partial charge in [0.15, 0.2) is 11.5 Å². The Hall–Kier alpha value is -2.81. The maximum absolute atomic E-state index is 14.1. The number of hydrogen-bond acceptors (Lipinski definition) is 5. The van der Waals surface area contributed by atoms with Crippen molar-refractivity contribution in [3.8, 4) is 11.3 Å². The SMILES string of the molecule is CN(C)C(=O)[C@@H]1CN(C2CC3CCC2C3)CC[C@H]1NC(=O)c1cc(-c2ccc(F)cc2F)on1. The highest BCUT2D eigenvalue weighted by atomic mass is 19.1. The molecule has 3 aliphatic rings. The summed E-state index contributed by atoms with van der Waals surface area (Å²) in [6, 6.07) is 4.64. The van der Waals surface area contributed by atoms with Crippen LogP contribution in [0, 0.1) is 29.4 Å². The number of aromatic nitrogens is 1. The van der Waals surface area contributed by atoms with Crippen molar-refractivity contribution in [2.75, 3.05) is 27.2 Å². The summed E-state index contributed by atoms with van der Waals surface area (Å²) in [6.45, 7) is 1.46. The van der Waals surface area contributed by atoms with Gasteiger partial charge in [-0.15, -0.1) is 0 Å². The van der Waals surface area contributed by atoms with Crippen LogP contribution in [0.5, 0.6) is 0 Å². The smallest absolute Gasteiger partial charge is 0.273 e. The van der Waals surface area contributed by atoms with Gasteiger partial charge in [0, 0.05) is 51.4 Å². The van der Waals surface area contributed by atoms with Gasteiger partial charge in [0.05, 0.1) is 11.5 Å². The first-order valence-corrected chi connectivity index (χ1v) is 12.0. The van der Waals surface area contributed by atoms with Crippen LogP contribution in [-0.2, 0) is 4.79 Å². The van der Waals surface area contributed by atoms with E-state index in [1.165, 1.54) is 37.8 Å². The van der Waals surface area contributed by atoms with Crippen LogP contribution >= 0.6 is 0 Å². The molecule has 3 fully saturated rings. The third-order valence-electron chi connectivity index (χ3n) is 7.83. The number of likely N-dealkylation sites (tertiary alicyclic amines) is 1. The molecule has 1 aliphatic heterocycles. The molecule has 2 heterocycles. The number of hydrogen-bond donors (Lipinski definition) is 1. The summed E-state index contributed by atoms with van der Waals surface area (Å²) in [6.07, 6.45) is 5.79. The van der Waals surface area contributed by atoms with Gasteiger partial charge in [0.25, 0.3) is 5.91 Å². The molecule has 1 saturated heterocycles. The Balaban J connectivity index is 1.29. The van der Waals surface area contributed by atoms with Crippen LogP contribution in [0.3, 0.4) is 0 Å². The van der Waals surface area contributed by atoms with Crippen molar-refractivity contribution >= 4 is 11.8 Å². The fourth-order valence-electron chi connectivity index (χ4n) is 6.13. The Kier molecular flexibility index (Phi) is 6.14. The highest BCUT2D eigenvalue weighted by Crippen LogP contribution is 2.47. The molecule has 5 rings (SSSR count). The number of halogens is 2. The number of amides is 2. The van der Waals surface area contributed by atoms with Crippen molar-refractivity contribution in [2.24, 2.45) is 17.8 Å². The number of benzene rings is 1. The van der Waals surface area contributed by atoms with Gasteiger partial charge in [-0.25, -0.2) is 8.78 Å². The van der Waals surface area contributed by atoms with E-state index in [1.807, 2.05) is 0 Å². The summed E-state index contributed by atoms with van der Waals surface area (Å²) >= 11 is 0. The molecule has 7 nitrogen and oxygen atoms in total. The third-order valence-corrected chi connectivity index (χ3v) is 7.83. The average molecular weight is 473 g/mol. The molecule has 182 valence electrons. The lowest BCUT2D eigenvalue weighted by atomic mass is 9.86. The topological polar surface area (TPSA) is 78.7 Å². The lowest BCUT2D eigenvalue weighted by molar-refractivity contribution is -0.136. The van der Waals surface area contributed by atoms with E-state index in [4.69, 9.17) is 4.52 Å². The van der Waals surface area contributed by atoms with Crippen molar-refractivity contribution < 1.29 is 22.9 Å². The molecule has 1 aromatic carbocycles. The Morgan fingerprint density at radius 3 is 2.65 bits per heavy atom. The van der Waals surface area contributed by atoms with E-state index in [-0.39, 0.29) is 34.9 Å². The summed E-state index contributed by atoms with van der Waals surface area (Å²) in [5, 5.41) is 6.74. The van der Waals surface area contributed by atoms with Crippen LogP contribution < -0.4 is 5.32 Å². The molecule has 5 atom stereocenters. The molecular weight excluding hydrogens is 442 g/mol. The molecule has 2 bridgehead atoms. The Labute approximate surface area is 197 Å². The maximum Gasteiger partial charge on any atom is 0.273 e. The first-order valence-electron chi connectivity index (χ1n) is 12.0. The van der Waals surface area contributed by atoms with Crippen molar-refractivity contribution in [3.63, 3.8) is 0 Å². The monoisotopic (exact) mass is 472 g/mol. The molecule has 34 heavy (non-hydrogen) atoms. The van der Waals surface area contributed by atoms with Crippen LogP contribution in [0.15, 0.2) is 28.8 Å². The minimum atomic E-state index is -0.798. The van der Waals surface area contributed by atoms with E-state index < -0.39 is 17.5 Å². The average Bonchev–Trinajstić information content (AvgIpc) is 3.56. The minimum absolute atomic E-state index is 0.00705. The fourth-order valence-corrected chi connectivity index (χ4v) is 6.13. The van der Waals surface area contributed by atoms with Gasteiger partial charge in [0.2, 0.25) is 5.91 Å². The second-order valence-electron chi connectivity index (χ2n) is 10.1. The van der Waals surface area contributed by atoms with Crippen LogP contribution in [0.1, 0.15) is 42.6 Å². The quantitative estimate of drug-likeness (QED) is 0.723. The highest BCUT2D eigenvalue weighted by Gasteiger charge is 2.46. The molecule has 1 aromatic heterocycles. The first kappa shape index (κ1) is 23.0. The van der Waals surface area contributed by atoms with Crippen molar-refractivity contribution in [2.45, 2.75) is 44.2 Å². The number of rotatable bonds is 5. The number of piperidine rings is 1. The number of carbonyl (C=O) groups excluding carboxylic acids is 2. The van der Waals surface area contributed by atoms with Gasteiger partial charge in [-0.05, 0) is 49.7 Å². The summed E-state index contributed by atoms with van der Waals surface area (Å²) in [7, 11) is 3.47. The number of carbonyl (C=O) groups is 2. The zero-order valence-corrected chi connectivity index (χ0v) is 19.5. The summed E-state index contributed by atoms with van der Waals surface area (Å²) < 4.78 is 32.4. The maximum atomic E-state index is 14.1. The fraction of sp³-hybridized carbons (Fsp3) is 0.560. The van der Waals surface area contributed by atoms with E-state index in [1.54, 1.807) is 19.0 Å². The van der Waals surface area contributed by atoms with Crippen LogP contribution in [0.4, 0.5) is 8.78 Å². The normalized spacial score (nSPS) is 28.8. The van der Waals surface area contributed by atoms with Gasteiger partial charge in [-0.3, -0.25) is 14.5 Å². The number of nitrogens with zero attached hydrogens (tertiary/aromatic N) is 3. The highest BCUT2D eigenvalue weighted by molar-refractivity contribution is 5.94. The number of nitrogens with one attached hydrogen (secondary N) is 1. The lowest BCUT2D eigenvalue weighted by Gasteiger charge is -2.43. The standard InChI is InChI=1S/C25H30F2N4O3/c1-30(2)25(33)18-13-31(22-10-14-3-4-15(22)9-14)8-7-20(18)28-24(32)21-12-23(34-29-21)17-6-5-16(26)11-19(17)27/h5-6,11-12,14-15,18,20,22H,3-4,7-10,13H2,1-2H3,(H,28,32)/t14?,15?,18-,20-,22?/m1/s1. The van der Waals surface area contributed by atoms with Crippen molar-refractivity contribution in [1.82, 2.24) is 20.3 Å². The van der Waals surface area contributed by atoms with E-state index in [0.717, 1.165) is 30.5 Å². The molecule has 2 saturated carbocycles. The Morgan fingerprint density at radius 2 is 1.97 bits per heavy atom. The van der Waals surface area contributed by atoms with Crippen molar-refractivity contribution in [1.29, 1.82) is 0 Å². The summed E-state index contributed by atoms with van der Waals surface area (Å²) in [4.78, 5) is 30.0. The molecule has 2 aromatic rings. The molecule has 2 amide bonds. The van der Waals surface area contributed by atoms with Gasteiger partial charge in [-0.2, -0.15) is 0 Å². The van der Waals surface area contributed by atoms with Gasteiger partial charge < -0.3 is 14.7 Å². The minimum Gasteiger partial charge on any atom is -0.355 e. The molecule has 2 aliphatic carbocycles. The second kappa shape index (κ2) is 9.09. The molecule has 1 N–H and O–H groups in total. The predicted octanol–water partition coefficient (Wildman–Crippen LogP) is 3.32. The molecule has 9 heteroatoms. The van der Waals surface area contributed by atoms with E-state index in [2.05, 4.69) is 15.4 Å². The molecular formula is C25H30F2N4O3. The van der Waals surface area contributed by atoms with Crippen molar-refractivity contribution in [3.05, 3.63) is 41.6 Å². The van der Waals surface area contributed by atoms with Crippen LogP contribution in [-0.4, -0.2) is 66.0 Å². The van der Waals surface area contributed by atoms with Crippen LogP contribution in [0.2, 0.25) is 0 Å². The largest absolute Gasteiger partial charge is 0.355 e. The molecule has 0 radical (unpaired) electrons. The van der Waals surface area contributed by atoms with E-state index >= 15 is 0 Å². The van der Waals surface area contributed by atoms with Gasteiger partial charge >= 0.3 is 0 Å². The summed E-state index contributed by atoms with van der Waals surface area (Å²) in [5.41, 5.74) is 0.0121. The first-order chi connectivity index (χ1) is 16.3. The summed E-state index contributed by atoms with van der Waals surface area (Å²) in [5.74, 6) is -0.753. The second-order valence-corrected chi connectivity index (χ2v) is 10.1.